The zero-order valence-corrected chi connectivity index (χ0v) is 11.5. The minimum Gasteiger partial charge on any atom is -0.344 e. The first-order valence-corrected chi connectivity index (χ1v) is 6.94. The van der Waals surface area contributed by atoms with Gasteiger partial charge in [0.25, 0.3) is 5.91 Å². The Morgan fingerprint density at radius 2 is 2.21 bits per heavy atom. The zero-order chi connectivity index (χ0) is 13.7. The number of pyridine rings is 1. The van der Waals surface area contributed by atoms with Gasteiger partial charge >= 0.3 is 0 Å². The van der Waals surface area contributed by atoms with E-state index in [1.54, 1.807) is 17.8 Å². The summed E-state index contributed by atoms with van der Waals surface area (Å²) in [4.78, 5) is 20.2. The molecule has 0 aliphatic heterocycles. The van der Waals surface area contributed by atoms with Crippen LogP contribution in [0, 0.1) is 0 Å². The van der Waals surface area contributed by atoms with E-state index in [4.69, 9.17) is 5.73 Å². The van der Waals surface area contributed by atoms with E-state index in [2.05, 4.69) is 15.3 Å². The molecule has 6 heteroatoms. The van der Waals surface area contributed by atoms with Gasteiger partial charge in [-0.3, -0.25) is 9.78 Å². The molecule has 5 nitrogen and oxygen atoms in total. The second-order valence-corrected chi connectivity index (χ2v) is 5.08. The quantitative estimate of drug-likeness (QED) is 0.867. The van der Waals surface area contributed by atoms with Crippen LogP contribution in [0.4, 0.5) is 0 Å². The molecule has 0 saturated carbocycles. The van der Waals surface area contributed by atoms with Crippen molar-refractivity contribution in [3.8, 4) is 0 Å². The monoisotopic (exact) mass is 276 g/mol. The molecule has 2 aromatic heterocycles. The molecule has 0 unspecified atom stereocenters. The fourth-order valence-electron chi connectivity index (χ4n) is 1.66. The number of aromatic nitrogens is 2. The number of thiazole rings is 1. The van der Waals surface area contributed by atoms with E-state index in [0.717, 1.165) is 10.6 Å². The van der Waals surface area contributed by atoms with Crippen molar-refractivity contribution < 1.29 is 4.79 Å². The van der Waals surface area contributed by atoms with Crippen molar-refractivity contribution in [1.29, 1.82) is 0 Å². The summed E-state index contributed by atoms with van der Waals surface area (Å²) < 4.78 is 0. The number of nitrogens with one attached hydrogen (secondary N) is 1. The number of nitrogens with zero attached hydrogens (tertiary/aromatic N) is 2. The number of carbonyl (C=O) groups excluding carboxylic acids is 1. The van der Waals surface area contributed by atoms with Crippen LogP contribution < -0.4 is 11.1 Å². The van der Waals surface area contributed by atoms with Crippen molar-refractivity contribution in [3.05, 3.63) is 46.2 Å². The Bertz CT molecular complexity index is 541. The Labute approximate surface area is 115 Å². The van der Waals surface area contributed by atoms with Gasteiger partial charge in [0.2, 0.25) is 0 Å². The second kappa shape index (κ2) is 6.40. The molecule has 1 atom stereocenters. The third-order valence-electron chi connectivity index (χ3n) is 2.70. The van der Waals surface area contributed by atoms with Gasteiger partial charge in [-0.2, -0.15) is 0 Å². The van der Waals surface area contributed by atoms with E-state index in [0.29, 0.717) is 18.7 Å². The molecule has 19 heavy (non-hydrogen) atoms. The Morgan fingerprint density at radius 1 is 1.47 bits per heavy atom. The summed E-state index contributed by atoms with van der Waals surface area (Å²) in [5.41, 5.74) is 6.93. The van der Waals surface area contributed by atoms with Gasteiger partial charge in [-0.25, -0.2) is 4.98 Å². The molecule has 100 valence electrons. The van der Waals surface area contributed by atoms with Gasteiger partial charge in [-0.15, -0.1) is 11.3 Å². The summed E-state index contributed by atoms with van der Waals surface area (Å²) in [5.74, 6) is -0.163. The van der Waals surface area contributed by atoms with Gasteiger partial charge in [0.15, 0.2) is 0 Å². The number of nitrogens with two attached hydrogens (primary N) is 1. The summed E-state index contributed by atoms with van der Waals surface area (Å²) in [6, 6.07) is 3.69. The number of rotatable bonds is 5. The maximum atomic E-state index is 12.0. The standard InChI is InChI=1S/C13H16N4OS/c1-9(10-3-6-15-7-4-10)16-13(18)11-8-19-12(17-11)2-5-14/h3-4,6-9H,2,5,14H2,1H3,(H,16,18)/t9-/m1/s1. The highest BCUT2D eigenvalue weighted by molar-refractivity contribution is 7.09. The van der Waals surface area contributed by atoms with Crippen LogP contribution >= 0.6 is 11.3 Å². The molecule has 0 fully saturated rings. The molecule has 2 rings (SSSR count). The van der Waals surface area contributed by atoms with Crippen LogP contribution in [-0.4, -0.2) is 22.4 Å². The predicted molar refractivity (Wildman–Crippen MR) is 75.0 cm³/mol. The van der Waals surface area contributed by atoms with E-state index < -0.39 is 0 Å². The minimum atomic E-state index is -0.163. The van der Waals surface area contributed by atoms with Crippen LogP contribution in [0.5, 0.6) is 0 Å². The number of carbonyl (C=O) groups is 1. The van der Waals surface area contributed by atoms with Crippen LogP contribution in [0.15, 0.2) is 29.9 Å². The smallest absolute Gasteiger partial charge is 0.271 e. The summed E-state index contributed by atoms with van der Waals surface area (Å²) in [6.07, 6.45) is 4.12. The third-order valence-corrected chi connectivity index (χ3v) is 3.60. The topological polar surface area (TPSA) is 80.9 Å². The van der Waals surface area contributed by atoms with Crippen molar-refractivity contribution in [2.45, 2.75) is 19.4 Å². The van der Waals surface area contributed by atoms with Crippen LogP contribution in [0.2, 0.25) is 0 Å². The molecular formula is C13H16N4OS. The molecule has 0 aliphatic rings. The fourth-order valence-corrected chi connectivity index (χ4v) is 2.45. The highest BCUT2D eigenvalue weighted by Gasteiger charge is 2.14. The molecule has 0 spiro atoms. The van der Waals surface area contributed by atoms with E-state index in [1.165, 1.54) is 11.3 Å². The first-order chi connectivity index (χ1) is 9.20. The van der Waals surface area contributed by atoms with Crippen LogP contribution in [0.25, 0.3) is 0 Å². The maximum Gasteiger partial charge on any atom is 0.271 e. The summed E-state index contributed by atoms with van der Waals surface area (Å²) in [7, 11) is 0. The molecule has 0 saturated heterocycles. The summed E-state index contributed by atoms with van der Waals surface area (Å²) in [5, 5.41) is 5.57. The maximum absolute atomic E-state index is 12.0. The molecule has 0 aromatic carbocycles. The SMILES string of the molecule is C[C@@H](NC(=O)c1csc(CCN)n1)c1ccncc1. The molecule has 0 bridgehead atoms. The van der Waals surface area contributed by atoms with Crippen LogP contribution in [0.3, 0.4) is 0 Å². The molecule has 3 N–H and O–H groups in total. The van der Waals surface area contributed by atoms with Crippen molar-refractivity contribution in [3.63, 3.8) is 0 Å². The van der Waals surface area contributed by atoms with Gasteiger partial charge in [-0.05, 0) is 31.2 Å². The molecule has 0 radical (unpaired) electrons. The van der Waals surface area contributed by atoms with E-state index in [9.17, 15) is 4.79 Å². The summed E-state index contributed by atoms with van der Waals surface area (Å²) in [6.45, 7) is 2.47. The lowest BCUT2D eigenvalue weighted by molar-refractivity contribution is 0.0935. The molecule has 1 amide bonds. The Balaban J connectivity index is 2.00. The fraction of sp³-hybridized carbons (Fsp3) is 0.308. The Morgan fingerprint density at radius 3 is 2.89 bits per heavy atom. The van der Waals surface area contributed by atoms with Crippen molar-refractivity contribution in [2.24, 2.45) is 5.73 Å². The Hall–Kier alpha value is -1.79. The van der Waals surface area contributed by atoms with Crippen molar-refractivity contribution >= 4 is 17.2 Å². The van der Waals surface area contributed by atoms with E-state index >= 15 is 0 Å². The van der Waals surface area contributed by atoms with E-state index in [-0.39, 0.29) is 11.9 Å². The van der Waals surface area contributed by atoms with Gasteiger partial charge in [0.05, 0.1) is 11.0 Å². The lowest BCUT2D eigenvalue weighted by Gasteiger charge is -2.12. The van der Waals surface area contributed by atoms with E-state index in [1.807, 2.05) is 19.1 Å². The largest absolute Gasteiger partial charge is 0.344 e. The average Bonchev–Trinajstić information content (AvgIpc) is 2.89. The highest BCUT2D eigenvalue weighted by Crippen LogP contribution is 2.13. The molecule has 0 aliphatic carbocycles. The van der Waals surface area contributed by atoms with Crippen LogP contribution in [-0.2, 0) is 6.42 Å². The van der Waals surface area contributed by atoms with Crippen molar-refractivity contribution in [2.75, 3.05) is 6.54 Å². The number of hydrogen-bond acceptors (Lipinski definition) is 5. The van der Waals surface area contributed by atoms with Crippen molar-refractivity contribution in [1.82, 2.24) is 15.3 Å². The normalized spacial score (nSPS) is 12.1. The number of hydrogen-bond donors (Lipinski definition) is 2. The lowest BCUT2D eigenvalue weighted by Crippen LogP contribution is -2.27. The van der Waals surface area contributed by atoms with Gasteiger partial charge in [-0.1, -0.05) is 0 Å². The van der Waals surface area contributed by atoms with Crippen LogP contribution in [0.1, 0.15) is 34.0 Å². The predicted octanol–water partition coefficient (Wildman–Crippen LogP) is 1.53. The molecule has 2 heterocycles. The van der Waals surface area contributed by atoms with Gasteiger partial charge < -0.3 is 11.1 Å². The molecular weight excluding hydrogens is 260 g/mol. The minimum absolute atomic E-state index is 0.0739. The first kappa shape index (κ1) is 13.6. The lowest BCUT2D eigenvalue weighted by atomic mass is 10.1. The second-order valence-electron chi connectivity index (χ2n) is 4.14. The highest BCUT2D eigenvalue weighted by atomic mass is 32.1. The number of amides is 1. The Kier molecular flexibility index (Phi) is 4.59. The average molecular weight is 276 g/mol. The third kappa shape index (κ3) is 3.59. The van der Waals surface area contributed by atoms with Gasteiger partial charge in [0.1, 0.15) is 5.69 Å². The van der Waals surface area contributed by atoms with Gasteiger partial charge in [0, 0.05) is 24.2 Å². The zero-order valence-electron chi connectivity index (χ0n) is 10.7. The first-order valence-electron chi connectivity index (χ1n) is 6.06. The molecule has 2 aromatic rings. The summed E-state index contributed by atoms with van der Waals surface area (Å²) >= 11 is 1.46.